The average Bonchev–Trinajstić information content (AvgIpc) is 1.81. The van der Waals surface area contributed by atoms with Crippen LogP contribution >= 0.6 is 0 Å². The first-order valence-electron chi connectivity index (χ1n) is 3.33. The van der Waals surface area contributed by atoms with Crippen molar-refractivity contribution in [2.45, 2.75) is 13.5 Å². The topological polar surface area (TPSA) is 29.5 Å². The first-order valence-corrected chi connectivity index (χ1v) is 3.33. The van der Waals surface area contributed by atoms with E-state index in [4.69, 9.17) is 5.11 Å². The van der Waals surface area contributed by atoms with Crippen LogP contribution in [0.3, 0.4) is 0 Å². The highest BCUT2D eigenvalue weighted by atomic mass is 19.3. The minimum Gasteiger partial charge on any atom is -0.508 e. The molecule has 0 atom stereocenters. The van der Waals surface area contributed by atoms with Crippen LogP contribution in [0.4, 0.5) is 8.78 Å². The van der Waals surface area contributed by atoms with Crippen molar-refractivity contribution in [3.63, 3.8) is 0 Å². The lowest BCUT2D eigenvalue weighted by molar-refractivity contribution is -0.0499. The smallest absolute Gasteiger partial charge is 0.387 e. The van der Waals surface area contributed by atoms with Gasteiger partial charge in [-0.25, -0.2) is 0 Å². The van der Waals surface area contributed by atoms with Crippen molar-refractivity contribution in [3.05, 3.63) is 23.8 Å². The summed E-state index contributed by atoms with van der Waals surface area (Å²) in [6.07, 6.45) is 0. The van der Waals surface area contributed by atoms with Gasteiger partial charge < -0.3 is 9.84 Å². The summed E-state index contributed by atoms with van der Waals surface area (Å²) in [7, 11) is 0. The Hall–Kier alpha value is -1.32. The molecule has 1 aromatic rings. The third kappa shape index (κ3) is 2.38. The lowest BCUT2D eigenvalue weighted by Gasteiger charge is -2.05. The summed E-state index contributed by atoms with van der Waals surface area (Å²) in [6.45, 7) is -1.18. The van der Waals surface area contributed by atoms with E-state index in [1.165, 1.54) is 12.1 Å². The molecule has 0 bridgehead atoms. The number of alkyl halides is 2. The fourth-order valence-electron chi connectivity index (χ4n) is 0.899. The summed E-state index contributed by atoms with van der Waals surface area (Å²) in [4.78, 5) is 0. The molecular weight excluding hydrogens is 166 g/mol. The van der Waals surface area contributed by atoms with E-state index >= 15 is 0 Å². The van der Waals surface area contributed by atoms with Gasteiger partial charge >= 0.3 is 6.61 Å². The molecular formula is C8H8F2O2. The maximum Gasteiger partial charge on any atom is 0.387 e. The van der Waals surface area contributed by atoms with Crippen molar-refractivity contribution in [2.24, 2.45) is 0 Å². The van der Waals surface area contributed by atoms with Gasteiger partial charge in [-0.05, 0) is 24.6 Å². The number of benzene rings is 1. The minimum atomic E-state index is -2.86. The van der Waals surface area contributed by atoms with Gasteiger partial charge in [0.05, 0.1) is 0 Å². The van der Waals surface area contributed by atoms with E-state index in [9.17, 15) is 8.78 Å². The van der Waals surface area contributed by atoms with Crippen molar-refractivity contribution >= 4 is 0 Å². The van der Waals surface area contributed by atoms with E-state index in [0.717, 1.165) is 6.07 Å². The molecule has 0 fully saturated rings. The number of rotatable bonds is 2. The van der Waals surface area contributed by atoms with Crippen molar-refractivity contribution in [3.8, 4) is 11.5 Å². The highest BCUT2D eigenvalue weighted by molar-refractivity contribution is 5.36. The van der Waals surface area contributed by atoms with Gasteiger partial charge in [0.25, 0.3) is 0 Å². The summed E-state index contributed by atoms with van der Waals surface area (Å²) in [5, 5.41) is 8.98. The quantitative estimate of drug-likeness (QED) is 0.745. The summed E-state index contributed by atoms with van der Waals surface area (Å²) >= 11 is 0. The maximum absolute atomic E-state index is 11.7. The van der Waals surface area contributed by atoms with Crippen molar-refractivity contribution in [1.29, 1.82) is 0 Å². The first-order chi connectivity index (χ1) is 5.58. The molecule has 0 unspecified atom stereocenters. The van der Waals surface area contributed by atoms with Crippen molar-refractivity contribution in [1.82, 2.24) is 0 Å². The third-order valence-electron chi connectivity index (χ3n) is 1.26. The maximum atomic E-state index is 11.7. The van der Waals surface area contributed by atoms with E-state index < -0.39 is 6.61 Å². The van der Waals surface area contributed by atoms with Crippen LogP contribution in [-0.2, 0) is 0 Å². The second-order valence-corrected chi connectivity index (χ2v) is 2.38. The molecule has 0 amide bonds. The van der Waals surface area contributed by atoms with E-state index in [1.54, 1.807) is 6.92 Å². The van der Waals surface area contributed by atoms with E-state index in [1.807, 2.05) is 0 Å². The molecule has 0 saturated heterocycles. The summed E-state index contributed by atoms with van der Waals surface area (Å²) in [5.41, 5.74) is 0.672. The van der Waals surface area contributed by atoms with Gasteiger partial charge in [-0.2, -0.15) is 8.78 Å². The molecule has 0 aromatic heterocycles. The van der Waals surface area contributed by atoms with Gasteiger partial charge in [-0.1, -0.05) is 0 Å². The summed E-state index contributed by atoms with van der Waals surface area (Å²) in [6, 6.07) is 4.02. The third-order valence-corrected chi connectivity index (χ3v) is 1.26. The number of halogens is 2. The summed E-state index contributed by atoms with van der Waals surface area (Å²) < 4.78 is 27.4. The second-order valence-electron chi connectivity index (χ2n) is 2.38. The molecule has 2 nitrogen and oxygen atoms in total. The number of aromatic hydroxyl groups is 1. The molecule has 0 saturated carbocycles. The minimum absolute atomic E-state index is 0.0255. The number of phenols is 1. The lowest BCUT2D eigenvalue weighted by atomic mass is 10.2. The van der Waals surface area contributed by atoms with Gasteiger partial charge in [-0.3, -0.25) is 0 Å². The first kappa shape index (κ1) is 8.77. The molecule has 0 aliphatic carbocycles. The number of ether oxygens (including phenoxy) is 1. The molecule has 0 aliphatic heterocycles. The normalized spacial score (nSPS) is 10.3. The van der Waals surface area contributed by atoms with Crippen LogP contribution in [0.2, 0.25) is 0 Å². The largest absolute Gasteiger partial charge is 0.508 e. The van der Waals surface area contributed by atoms with E-state index in [-0.39, 0.29) is 11.5 Å². The Morgan fingerprint density at radius 3 is 2.50 bits per heavy atom. The SMILES string of the molecule is Cc1cc(O)cc(OC(F)F)c1. The zero-order valence-electron chi connectivity index (χ0n) is 6.42. The highest BCUT2D eigenvalue weighted by Gasteiger charge is 2.04. The van der Waals surface area contributed by atoms with E-state index in [0.29, 0.717) is 5.56 Å². The number of aryl methyl sites for hydroxylation is 1. The van der Waals surface area contributed by atoms with Crippen LogP contribution < -0.4 is 4.74 Å². The molecule has 0 aliphatic rings. The Labute approximate surface area is 68.4 Å². The zero-order valence-corrected chi connectivity index (χ0v) is 6.42. The predicted molar refractivity (Wildman–Crippen MR) is 39.5 cm³/mol. The molecule has 0 heterocycles. The Balaban J connectivity index is 2.85. The lowest BCUT2D eigenvalue weighted by Crippen LogP contribution is -2.01. The van der Waals surface area contributed by atoms with Crippen LogP contribution in [0.1, 0.15) is 5.56 Å². The number of phenolic OH excluding ortho intramolecular Hbond substituents is 1. The highest BCUT2D eigenvalue weighted by Crippen LogP contribution is 2.22. The van der Waals surface area contributed by atoms with Gasteiger partial charge in [-0.15, -0.1) is 0 Å². The molecule has 1 N–H and O–H groups in total. The van der Waals surface area contributed by atoms with E-state index in [2.05, 4.69) is 4.74 Å². The van der Waals surface area contributed by atoms with Crippen molar-refractivity contribution < 1.29 is 18.6 Å². The van der Waals surface area contributed by atoms with Crippen molar-refractivity contribution in [2.75, 3.05) is 0 Å². The van der Waals surface area contributed by atoms with Crippen LogP contribution in [0.15, 0.2) is 18.2 Å². The molecule has 1 rings (SSSR count). The molecule has 66 valence electrons. The Kier molecular flexibility index (Phi) is 2.47. The van der Waals surface area contributed by atoms with Crippen LogP contribution in [0, 0.1) is 6.92 Å². The van der Waals surface area contributed by atoms with Crippen LogP contribution in [-0.4, -0.2) is 11.7 Å². The molecule has 0 radical (unpaired) electrons. The van der Waals surface area contributed by atoms with Gasteiger partial charge in [0.1, 0.15) is 11.5 Å². The monoisotopic (exact) mass is 174 g/mol. The molecule has 0 spiro atoms. The molecule has 4 heteroatoms. The zero-order chi connectivity index (χ0) is 9.14. The summed E-state index contributed by atoms with van der Waals surface area (Å²) in [5.74, 6) is -0.104. The van der Waals surface area contributed by atoms with Gasteiger partial charge in [0.2, 0.25) is 0 Å². The van der Waals surface area contributed by atoms with Gasteiger partial charge in [0, 0.05) is 6.07 Å². The average molecular weight is 174 g/mol. The predicted octanol–water partition coefficient (Wildman–Crippen LogP) is 2.30. The Morgan fingerprint density at radius 1 is 1.33 bits per heavy atom. The Morgan fingerprint density at radius 2 is 2.00 bits per heavy atom. The standard InChI is InChI=1S/C8H8F2O2/c1-5-2-6(11)4-7(3-5)12-8(9)10/h2-4,8,11H,1H3. The fraction of sp³-hybridized carbons (Fsp3) is 0.250. The Bertz CT molecular complexity index is 254. The number of hydrogen-bond acceptors (Lipinski definition) is 2. The molecule has 12 heavy (non-hydrogen) atoms. The van der Waals surface area contributed by atoms with Gasteiger partial charge in [0.15, 0.2) is 0 Å². The number of hydrogen-bond donors (Lipinski definition) is 1. The fourth-order valence-corrected chi connectivity index (χ4v) is 0.899. The van der Waals surface area contributed by atoms with Crippen LogP contribution in [0.25, 0.3) is 0 Å². The molecule has 1 aromatic carbocycles. The second kappa shape index (κ2) is 3.38. The van der Waals surface area contributed by atoms with Crippen LogP contribution in [0.5, 0.6) is 11.5 Å².